The molecule has 5 nitrogen and oxygen atoms in total. The van der Waals surface area contributed by atoms with E-state index in [1.54, 1.807) is 11.3 Å². The number of hydrogen-bond acceptors (Lipinski definition) is 6. The van der Waals surface area contributed by atoms with E-state index < -0.39 is 0 Å². The lowest BCUT2D eigenvalue weighted by Gasteiger charge is -2.12. The number of rotatable bonds is 7. The number of thiophene rings is 1. The van der Waals surface area contributed by atoms with E-state index in [2.05, 4.69) is 140 Å². The van der Waals surface area contributed by atoms with Crippen molar-refractivity contribution in [2.24, 2.45) is 0 Å². The Bertz CT molecular complexity index is 3410. The molecule has 0 atom stereocenters. The standard InChI is InChI=1S/C56H34N4OS/c1-3-15-35(16-4-1)53-57-51(49-45-27-7-9-29-47(45)61-55(49)59-53)43-25-13-23-41(33-43)39-21-11-19-37(31-39)38-20-12-22-40(32-38)42-24-14-26-44(34-42)52-50-46-28-8-10-30-48(46)62-56(50)60-54(58-52)36-17-5-2-6-18-36/h1-34H. The summed E-state index contributed by atoms with van der Waals surface area (Å²) in [6.07, 6.45) is 0. The highest BCUT2D eigenvalue weighted by Crippen LogP contribution is 2.41. The van der Waals surface area contributed by atoms with Gasteiger partial charge in [-0.15, -0.1) is 11.3 Å². The molecule has 62 heavy (non-hydrogen) atoms. The van der Waals surface area contributed by atoms with Crippen LogP contribution < -0.4 is 0 Å². The molecule has 0 saturated heterocycles. The predicted octanol–water partition coefficient (Wildman–Crippen LogP) is 15.2. The third kappa shape index (κ3) is 6.33. The third-order valence-electron chi connectivity index (χ3n) is 11.5. The second kappa shape index (κ2) is 14.9. The van der Waals surface area contributed by atoms with Crippen molar-refractivity contribution in [1.29, 1.82) is 0 Å². The van der Waals surface area contributed by atoms with E-state index in [9.17, 15) is 0 Å². The van der Waals surface area contributed by atoms with E-state index in [1.165, 1.54) is 10.1 Å². The fourth-order valence-electron chi connectivity index (χ4n) is 8.55. The van der Waals surface area contributed by atoms with Gasteiger partial charge in [-0.3, -0.25) is 0 Å². The summed E-state index contributed by atoms with van der Waals surface area (Å²) in [6.45, 7) is 0. The molecule has 12 aromatic rings. The number of hydrogen-bond donors (Lipinski definition) is 0. The molecule has 0 aliphatic rings. The van der Waals surface area contributed by atoms with Crippen molar-refractivity contribution in [3.63, 3.8) is 0 Å². The molecule has 0 aliphatic carbocycles. The molecule has 0 spiro atoms. The highest BCUT2D eigenvalue weighted by atomic mass is 32.1. The van der Waals surface area contributed by atoms with Crippen LogP contribution in [-0.4, -0.2) is 19.9 Å². The minimum Gasteiger partial charge on any atom is -0.438 e. The minimum atomic E-state index is 0.579. The summed E-state index contributed by atoms with van der Waals surface area (Å²) in [7, 11) is 0. The van der Waals surface area contributed by atoms with Gasteiger partial charge in [-0.25, -0.2) is 15.0 Å². The van der Waals surface area contributed by atoms with Gasteiger partial charge in [0.2, 0.25) is 5.71 Å². The Kier molecular flexibility index (Phi) is 8.61. The van der Waals surface area contributed by atoms with Gasteiger partial charge < -0.3 is 4.42 Å². The molecule has 0 unspecified atom stereocenters. The lowest BCUT2D eigenvalue weighted by Crippen LogP contribution is -1.94. The number of furan rings is 1. The predicted molar refractivity (Wildman–Crippen MR) is 256 cm³/mol. The Labute approximate surface area is 361 Å². The second-order valence-electron chi connectivity index (χ2n) is 15.4. The molecule has 0 bridgehead atoms. The van der Waals surface area contributed by atoms with Gasteiger partial charge in [-0.1, -0.05) is 170 Å². The van der Waals surface area contributed by atoms with Crippen LogP contribution in [0.15, 0.2) is 211 Å². The van der Waals surface area contributed by atoms with Crippen LogP contribution in [0.4, 0.5) is 0 Å². The SMILES string of the molecule is c1ccc(-c2nc(-c3cccc(-c4cccc(-c5cccc(-c6cccc(-c7nc(-c8ccccc8)nc8sc9ccccc9c78)c6)c5)c4)c3)c3c(n2)oc2ccccc23)cc1. The summed E-state index contributed by atoms with van der Waals surface area (Å²) < 4.78 is 7.53. The van der Waals surface area contributed by atoms with Crippen LogP contribution in [-0.2, 0) is 0 Å². The summed E-state index contributed by atoms with van der Waals surface area (Å²) in [5, 5.41) is 4.18. The van der Waals surface area contributed by atoms with E-state index in [0.717, 1.165) is 99.4 Å². The molecule has 0 aliphatic heterocycles. The van der Waals surface area contributed by atoms with Crippen LogP contribution in [0.25, 0.3) is 121 Å². The Balaban J connectivity index is 0.919. The Morgan fingerprint density at radius 3 is 1.31 bits per heavy atom. The quantitative estimate of drug-likeness (QED) is 0.160. The maximum absolute atomic E-state index is 6.32. The summed E-state index contributed by atoms with van der Waals surface area (Å²) in [4.78, 5) is 21.4. The molecule has 4 heterocycles. The molecular weight excluding hydrogens is 777 g/mol. The van der Waals surface area contributed by atoms with Crippen LogP contribution in [0.2, 0.25) is 0 Å². The zero-order valence-electron chi connectivity index (χ0n) is 33.2. The van der Waals surface area contributed by atoms with Gasteiger partial charge in [0.1, 0.15) is 10.4 Å². The fourth-order valence-corrected chi connectivity index (χ4v) is 9.62. The maximum atomic E-state index is 6.32. The summed E-state index contributed by atoms with van der Waals surface area (Å²) >= 11 is 1.72. The monoisotopic (exact) mass is 810 g/mol. The van der Waals surface area contributed by atoms with Crippen molar-refractivity contribution >= 4 is 53.7 Å². The molecule has 0 saturated carbocycles. The van der Waals surface area contributed by atoms with Crippen LogP contribution in [0.5, 0.6) is 0 Å². The maximum Gasteiger partial charge on any atom is 0.231 e. The van der Waals surface area contributed by atoms with Gasteiger partial charge in [0.25, 0.3) is 0 Å². The van der Waals surface area contributed by atoms with Gasteiger partial charge in [0.15, 0.2) is 11.6 Å². The molecule has 8 aromatic carbocycles. The Hall–Kier alpha value is -8.06. The van der Waals surface area contributed by atoms with Crippen molar-refractivity contribution in [3.05, 3.63) is 206 Å². The number of aromatic nitrogens is 4. The fraction of sp³-hybridized carbons (Fsp3) is 0. The second-order valence-corrected chi connectivity index (χ2v) is 16.4. The van der Waals surface area contributed by atoms with E-state index in [4.69, 9.17) is 24.4 Å². The minimum absolute atomic E-state index is 0.579. The highest BCUT2D eigenvalue weighted by molar-refractivity contribution is 7.25. The van der Waals surface area contributed by atoms with Gasteiger partial charge in [0, 0.05) is 43.1 Å². The summed E-state index contributed by atoms with van der Waals surface area (Å²) in [6, 6.07) is 71.9. The molecular formula is C56H34N4OS. The third-order valence-corrected chi connectivity index (χ3v) is 12.6. The van der Waals surface area contributed by atoms with Crippen molar-refractivity contribution in [2.45, 2.75) is 0 Å². The average Bonchev–Trinajstić information content (AvgIpc) is 3.93. The van der Waals surface area contributed by atoms with E-state index in [-0.39, 0.29) is 0 Å². The van der Waals surface area contributed by atoms with Crippen molar-refractivity contribution in [2.75, 3.05) is 0 Å². The normalized spacial score (nSPS) is 11.5. The van der Waals surface area contributed by atoms with Gasteiger partial charge in [-0.2, -0.15) is 4.98 Å². The van der Waals surface area contributed by atoms with Crippen LogP contribution >= 0.6 is 11.3 Å². The summed E-state index contributed by atoms with van der Waals surface area (Å²) in [5.74, 6) is 1.36. The first-order chi connectivity index (χ1) is 30.7. The first-order valence-electron chi connectivity index (χ1n) is 20.6. The number of fused-ring (bicyclic) bond motifs is 6. The number of para-hydroxylation sites is 1. The lowest BCUT2D eigenvalue weighted by atomic mass is 9.94. The van der Waals surface area contributed by atoms with Gasteiger partial charge in [0.05, 0.1) is 16.8 Å². The number of benzene rings is 8. The van der Waals surface area contributed by atoms with E-state index in [1.807, 2.05) is 66.7 Å². The van der Waals surface area contributed by atoms with E-state index in [0.29, 0.717) is 11.5 Å². The zero-order chi connectivity index (χ0) is 41.0. The van der Waals surface area contributed by atoms with E-state index >= 15 is 0 Å². The molecule has 6 heteroatoms. The average molecular weight is 811 g/mol. The topological polar surface area (TPSA) is 64.7 Å². The highest BCUT2D eigenvalue weighted by Gasteiger charge is 2.20. The number of nitrogens with zero attached hydrogens (tertiary/aromatic N) is 4. The molecule has 290 valence electrons. The summed E-state index contributed by atoms with van der Waals surface area (Å²) in [5.41, 5.74) is 13.9. The van der Waals surface area contributed by atoms with Crippen LogP contribution in [0, 0.1) is 0 Å². The van der Waals surface area contributed by atoms with Gasteiger partial charge in [-0.05, 0) is 69.8 Å². The smallest absolute Gasteiger partial charge is 0.231 e. The van der Waals surface area contributed by atoms with Crippen LogP contribution in [0.3, 0.4) is 0 Å². The zero-order valence-corrected chi connectivity index (χ0v) is 34.1. The van der Waals surface area contributed by atoms with Crippen molar-refractivity contribution in [1.82, 2.24) is 19.9 Å². The van der Waals surface area contributed by atoms with Crippen LogP contribution in [0.1, 0.15) is 0 Å². The molecule has 0 radical (unpaired) electrons. The molecule has 0 N–H and O–H groups in total. The Morgan fingerprint density at radius 1 is 0.323 bits per heavy atom. The molecule has 12 rings (SSSR count). The largest absolute Gasteiger partial charge is 0.438 e. The lowest BCUT2D eigenvalue weighted by molar-refractivity contribution is 0.653. The van der Waals surface area contributed by atoms with Crippen molar-refractivity contribution in [3.8, 4) is 78.7 Å². The first kappa shape index (κ1) is 35.8. The first-order valence-corrected chi connectivity index (χ1v) is 21.4. The molecule has 0 amide bonds. The van der Waals surface area contributed by atoms with Crippen molar-refractivity contribution < 1.29 is 4.42 Å². The molecule has 4 aromatic heterocycles. The Morgan fingerprint density at radius 2 is 0.742 bits per heavy atom. The molecule has 0 fully saturated rings. The van der Waals surface area contributed by atoms with Gasteiger partial charge >= 0.3 is 0 Å².